The summed E-state index contributed by atoms with van der Waals surface area (Å²) in [5, 5.41) is 3.78. The molecule has 0 amide bonds. The van der Waals surface area contributed by atoms with Gasteiger partial charge in [-0.3, -0.25) is 9.55 Å². The van der Waals surface area contributed by atoms with E-state index in [1.54, 1.807) is 18.3 Å². The highest BCUT2D eigenvalue weighted by atomic mass is 19.1. The Labute approximate surface area is 219 Å². The third-order valence-corrected chi connectivity index (χ3v) is 7.48. The van der Waals surface area contributed by atoms with E-state index < -0.39 is 17.3 Å². The number of anilines is 1. The van der Waals surface area contributed by atoms with E-state index in [0.29, 0.717) is 53.3 Å². The van der Waals surface area contributed by atoms with Crippen molar-refractivity contribution >= 4 is 16.7 Å². The van der Waals surface area contributed by atoms with Gasteiger partial charge in [0.05, 0.1) is 16.9 Å². The van der Waals surface area contributed by atoms with Crippen LogP contribution in [0.2, 0.25) is 0 Å². The number of pyridine rings is 1. The van der Waals surface area contributed by atoms with Crippen LogP contribution in [0.15, 0.2) is 41.3 Å². The molecule has 1 saturated heterocycles. The molecule has 4 aromatic rings. The maximum absolute atomic E-state index is 16.0. The normalized spacial score (nSPS) is 16.9. The molecule has 2 aromatic carbocycles. The smallest absolute Gasteiger partial charge is 0.354 e. The van der Waals surface area contributed by atoms with E-state index in [4.69, 9.17) is 4.74 Å². The van der Waals surface area contributed by atoms with Crippen LogP contribution in [0, 0.1) is 18.6 Å². The monoisotopic (exact) mass is 517 g/mol. The lowest BCUT2D eigenvalue weighted by Gasteiger charge is -2.36. The average molecular weight is 518 g/mol. The zero-order valence-electron chi connectivity index (χ0n) is 21.8. The van der Waals surface area contributed by atoms with Gasteiger partial charge in [0.1, 0.15) is 29.6 Å². The van der Waals surface area contributed by atoms with Gasteiger partial charge in [-0.15, -0.1) is 0 Å². The fourth-order valence-corrected chi connectivity index (χ4v) is 5.66. The van der Waals surface area contributed by atoms with E-state index >= 15 is 8.78 Å². The minimum absolute atomic E-state index is 0.00455. The fourth-order valence-electron chi connectivity index (χ4n) is 5.66. The molecule has 7 nitrogen and oxygen atoms in total. The maximum atomic E-state index is 16.0. The molecule has 1 fully saturated rings. The molecule has 2 aliphatic rings. The van der Waals surface area contributed by atoms with Crippen molar-refractivity contribution in [2.75, 3.05) is 24.5 Å². The minimum atomic E-state index is -0.624. The van der Waals surface area contributed by atoms with E-state index in [1.165, 1.54) is 16.7 Å². The van der Waals surface area contributed by atoms with Crippen LogP contribution >= 0.6 is 0 Å². The Balaban J connectivity index is 1.79. The Morgan fingerprint density at radius 2 is 1.97 bits per heavy atom. The Morgan fingerprint density at radius 1 is 1.16 bits per heavy atom. The molecule has 0 aliphatic carbocycles. The zero-order valence-corrected chi connectivity index (χ0v) is 21.8. The molecule has 6 rings (SSSR count). The highest BCUT2D eigenvalue weighted by Gasteiger charge is 2.32. The van der Waals surface area contributed by atoms with Crippen molar-refractivity contribution in [3.63, 3.8) is 0 Å². The molecule has 0 bridgehead atoms. The van der Waals surface area contributed by atoms with Crippen LogP contribution in [-0.4, -0.2) is 40.2 Å². The summed E-state index contributed by atoms with van der Waals surface area (Å²) in [4.78, 5) is 25.1. The number of halogens is 2. The minimum Gasteiger partial charge on any atom is -0.486 e. The molecule has 1 atom stereocenters. The predicted octanol–water partition coefficient (Wildman–Crippen LogP) is 4.85. The van der Waals surface area contributed by atoms with E-state index in [2.05, 4.69) is 15.3 Å². The highest BCUT2D eigenvalue weighted by Crippen LogP contribution is 2.47. The first-order valence-electron chi connectivity index (χ1n) is 12.9. The quantitative estimate of drug-likeness (QED) is 0.419. The lowest BCUT2D eigenvalue weighted by Crippen LogP contribution is -2.50. The maximum Gasteiger partial charge on any atom is 0.354 e. The summed E-state index contributed by atoms with van der Waals surface area (Å²) in [5.41, 5.74) is 2.69. The molecule has 0 saturated carbocycles. The third-order valence-electron chi connectivity index (χ3n) is 7.48. The number of aromatic nitrogens is 3. The van der Waals surface area contributed by atoms with Gasteiger partial charge in [-0.1, -0.05) is 26.0 Å². The zero-order chi connectivity index (χ0) is 26.7. The van der Waals surface area contributed by atoms with E-state index in [9.17, 15) is 4.79 Å². The molecule has 2 aliphatic heterocycles. The van der Waals surface area contributed by atoms with Gasteiger partial charge < -0.3 is 15.0 Å². The Hall–Kier alpha value is -3.85. The van der Waals surface area contributed by atoms with Crippen molar-refractivity contribution in [1.82, 2.24) is 19.9 Å². The van der Waals surface area contributed by atoms with Gasteiger partial charge in [0.2, 0.25) is 0 Å². The standard InChI is InChI=1S/C29H29F2N5O2/c1-15(2)24-25(16(3)8-9-33-24)36-26-19(28(34-29(36)37)35-11-10-32-13-17(35)4)12-21(31)23-22-18(14-38-27(23)26)6-5-7-20(22)30/h5-9,12,15,17,32H,10-11,13-14H2,1-4H3/t17-/m0/s1. The number of piperazine rings is 1. The Morgan fingerprint density at radius 3 is 2.74 bits per heavy atom. The second kappa shape index (κ2) is 9.16. The van der Waals surface area contributed by atoms with Crippen molar-refractivity contribution in [3.8, 4) is 22.6 Å². The lowest BCUT2D eigenvalue weighted by molar-refractivity contribution is 0.302. The van der Waals surface area contributed by atoms with Crippen LogP contribution < -0.4 is 20.6 Å². The largest absolute Gasteiger partial charge is 0.486 e. The van der Waals surface area contributed by atoms with Crippen LogP contribution in [0.3, 0.4) is 0 Å². The first kappa shape index (κ1) is 24.5. The number of nitrogens with zero attached hydrogens (tertiary/aromatic N) is 4. The number of aryl methyl sites for hydroxylation is 1. The molecule has 0 unspecified atom stereocenters. The number of nitrogens with one attached hydrogen (secondary N) is 1. The van der Waals surface area contributed by atoms with Crippen molar-refractivity contribution in [2.24, 2.45) is 0 Å². The molecule has 0 radical (unpaired) electrons. The molecule has 4 heterocycles. The van der Waals surface area contributed by atoms with E-state index in [1.807, 2.05) is 38.7 Å². The Kier molecular flexibility index (Phi) is 5.90. The second-order valence-corrected chi connectivity index (χ2v) is 10.3. The lowest BCUT2D eigenvalue weighted by atomic mass is 9.94. The summed E-state index contributed by atoms with van der Waals surface area (Å²) >= 11 is 0. The molecular formula is C29H29F2N5O2. The van der Waals surface area contributed by atoms with Crippen LogP contribution in [0.5, 0.6) is 5.75 Å². The number of hydrogen-bond acceptors (Lipinski definition) is 6. The predicted molar refractivity (Wildman–Crippen MR) is 143 cm³/mol. The van der Waals surface area contributed by atoms with Gasteiger partial charge in [-0.2, -0.15) is 4.98 Å². The van der Waals surface area contributed by atoms with Crippen LogP contribution in [0.1, 0.15) is 43.5 Å². The highest BCUT2D eigenvalue weighted by molar-refractivity contribution is 6.00. The SMILES string of the molecule is Cc1ccnc(C(C)C)c1-n1c(=O)nc(N2CCNC[C@@H]2C)c2cc(F)c3c(c21)OCc1cccc(F)c1-3. The fraction of sp³-hybridized carbons (Fsp3) is 0.345. The van der Waals surface area contributed by atoms with Crippen LogP contribution in [0.4, 0.5) is 14.6 Å². The number of rotatable bonds is 3. The summed E-state index contributed by atoms with van der Waals surface area (Å²) in [5.74, 6) is -0.632. The number of hydrogen-bond donors (Lipinski definition) is 1. The average Bonchev–Trinajstić information content (AvgIpc) is 2.89. The molecule has 0 spiro atoms. The van der Waals surface area contributed by atoms with Crippen molar-refractivity contribution in [3.05, 3.63) is 75.5 Å². The van der Waals surface area contributed by atoms with E-state index in [0.717, 1.165) is 5.56 Å². The van der Waals surface area contributed by atoms with Gasteiger partial charge in [-0.05, 0) is 43.5 Å². The van der Waals surface area contributed by atoms with Gasteiger partial charge >= 0.3 is 5.69 Å². The molecule has 1 N–H and O–H groups in total. The summed E-state index contributed by atoms with van der Waals surface area (Å²) in [6.45, 7) is 10.0. The van der Waals surface area contributed by atoms with Gasteiger partial charge in [0, 0.05) is 48.4 Å². The first-order chi connectivity index (χ1) is 18.3. The van der Waals surface area contributed by atoms with Crippen LogP contribution in [-0.2, 0) is 6.61 Å². The topological polar surface area (TPSA) is 72.3 Å². The van der Waals surface area contributed by atoms with Gasteiger partial charge in [-0.25, -0.2) is 13.6 Å². The second-order valence-electron chi connectivity index (χ2n) is 10.3. The molecule has 2 aromatic heterocycles. The Bertz CT molecular complexity index is 1650. The number of benzene rings is 2. The summed E-state index contributed by atoms with van der Waals surface area (Å²) in [6, 6.07) is 7.84. The molecular weight excluding hydrogens is 488 g/mol. The van der Waals surface area contributed by atoms with Crippen molar-refractivity contribution in [1.29, 1.82) is 0 Å². The summed E-state index contributed by atoms with van der Waals surface area (Å²) in [6.07, 6.45) is 1.71. The summed E-state index contributed by atoms with van der Waals surface area (Å²) in [7, 11) is 0. The van der Waals surface area contributed by atoms with Gasteiger partial charge in [0.25, 0.3) is 0 Å². The molecule has 196 valence electrons. The van der Waals surface area contributed by atoms with Crippen molar-refractivity contribution in [2.45, 2.75) is 46.3 Å². The van der Waals surface area contributed by atoms with Crippen LogP contribution in [0.25, 0.3) is 27.7 Å². The molecule has 38 heavy (non-hydrogen) atoms. The number of fused-ring (bicyclic) bond motifs is 5. The van der Waals surface area contributed by atoms with E-state index in [-0.39, 0.29) is 35.4 Å². The number of ether oxygens (including phenoxy) is 1. The summed E-state index contributed by atoms with van der Waals surface area (Å²) < 4.78 is 38.8. The third kappa shape index (κ3) is 3.67. The van der Waals surface area contributed by atoms with Gasteiger partial charge in [0.15, 0.2) is 5.75 Å². The first-order valence-corrected chi connectivity index (χ1v) is 12.9. The van der Waals surface area contributed by atoms with Crippen molar-refractivity contribution < 1.29 is 13.5 Å². The molecule has 9 heteroatoms.